The highest BCUT2D eigenvalue weighted by atomic mass is 16.5. The number of ether oxygens (including phenoxy) is 1. The molecule has 0 aliphatic heterocycles. The zero-order valence-electron chi connectivity index (χ0n) is 10.5. The van der Waals surface area contributed by atoms with Crippen LogP contribution in [0.15, 0.2) is 55.4 Å². The number of rotatable bonds is 5. The second-order valence-electron chi connectivity index (χ2n) is 3.93. The minimum absolute atomic E-state index is 0.244. The molecule has 5 heteroatoms. The fourth-order valence-corrected chi connectivity index (χ4v) is 1.54. The predicted octanol–water partition coefficient (Wildman–Crippen LogP) is 2.82. The Morgan fingerprint density at radius 1 is 1.42 bits per heavy atom. The highest BCUT2D eigenvalue weighted by molar-refractivity contribution is 5.84. The summed E-state index contributed by atoms with van der Waals surface area (Å²) in [5.74, 6) is 0. The van der Waals surface area contributed by atoms with Gasteiger partial charge in [-0.2, -0.15) is 5.10 Å². The number of nitrogens with one attached hydrogen (secondary N) is 1. The third-order valence-electron chi connectivity index (χ3n) is 2.41. The van der Waals surface area contributed by atoms with Crippen molar-refractivity contribution < 1.29 is 9.53 Å². The van der Waals surface area contributed by atoms with Gasteiger partial charge in [0.25, 0.3) is 0 Å². The van der Waals surface area contributed by atoms with Crippen molar-refractivity contribution in [3.8, 4) is 0 Å². The van der Waals surface area contributed by atoms with Crippen molar-refractivity contribution in [2.45, 2.75) is 13.2 Å². The lowest BCUT2D eigenvalue weighted by atomic mass is 10.2. The Hall–Kier alpha value is -2.56. The van der Waals surface area contributed by atoms with Gasteiger partial charge in [0.05, 0.1) is 18.4 Å². The first-order valence-corrected chi connectivity index (χ1v) is 5.89. The molecule has 0 spiro atoms. The van der Waals surface area contributed by atoms with E-state index in [1.54, 1.807) is 23.2 Å². The molecule has 0 fully saturated rings. The van der Waals surface area contributed by atoms with Crippen molar-refractivity contribution in [1.29, 1.82) is 0 Å². The molecule has 2 rings (SSSR count). The Balaban J connectivity index is 1.82. The average molecular weight is 257 g/mol. The van der Waals surface area contributed by atoms with Crippen LogP contribution in [0.4, 0.5) is 10.5 Å². The molecular formula is C14H15N3O2. The molecule has 19 heavy (non-hydrogen) atoms. The van der Waals surface area contributed by atoms with Gasteiger partial charge in [-0.15, -0.1) is 6.58 Å². The van der Waals surface area contributed by atoms with Crippen LogP contribution in [0.5, 0.6) is 0 Å². The summed E-state index contributed by atoms with van der Waals surface area (Å²) in [7, 11) is 0. The highest BCUT2D eigenvalue weighted by Gasteiger charge is 2.05. The minimum Gasteiger partial charge on any atom is -0.444 e. The lowest BCUT2D eigenvalue weighted by Crippen LogP contribution is -2.13. The molecule has 0 aliphatic rings. The number of carbonyl (C=O) groups is 1. The molecule has 0 aliphatic carbocycles. The molecule has 1 N–H and O–H groups in total. The number of hydrogen-bond acceptors (Lipinski definition) is 3. The van der Waals surface area contributed by atoms with E-state index in [1.165, 1.54) is 0 Å². The summed E-state index contributed by atoms with van der Waals surface area (Å²) in [4.78, 5) is 11.6. The van der Waals surface area contributed by atoms with E-state index in [4.69, 9.17) is 4.74 Å². The van der Waals surface area contributed by atoms with Crippen molar-refractivity contribution in [2.75, 3.05) is 5.32 Å². The molecule has 0 bridgehead atoms. The van der Waals surface area contributed by atoms with E-state index >= 15 is 0 Å². The summed E-state index contributed by atoms with van der Waals surface area (Å²) in [5.41, 5.74) is 1.54. The van der Waals surface area contributed by atoms with Gasteiger partial charge in [-0.05, 0) is 5.56 Å². The Kier molecular flexibility index (Phi) is 4.34. The molecule has 0 saturated heterocycles. The molecule has 0 atom stereocenters. The quantitative estimate of drug-likeness (QED) is 0.838. The van der Waals surface area contributed by atoms with Crippen LogP contribution in [-0.2, 0) is 17.9 Å². The van der Waals surface area contributed by atoms with E-state index in [2.05, 4.69) is 17.0 Å². The Labute approximate surface area is 111 Å². The largest absolute Gasteiger partial charge is 0.444 e. The Morgan fingerprint density at radius 2 is 2.21 bits per heavy atom. The van der Waals surface area contributed by atoms with E-state index in [-0.39, 0.29) is 6.61 Å². The molecular weight excluding hydrogens is 242 g/mol. The average Bonchev–Trinajstić information content (AvgIpc) is 2.85. The first-order chi connectivity index (χ1) is 9.28. The standard InChI is InChI=1S/C14H15N3O2/c1-2-8-17-10-13(9-15-17)16-14(18)19-11-12-6-4-3-5-7-12/h2-7,9-10H,1,8,11H2,(H,16,18). The van der Waals surface area contributed by atoms with E-state index < -0.39 is 6.09 Å². The molecule has 1 amide bonds. The molecule has 0 unspecified atom stereocenters. The normalized spacial score (nSPS) is 9.89. The fourth-order valence-electron chi connectivity index (χ4n) is 1.54. The lowest BCUT2D eigenvalue weighted by Gasteiger charge is -2.05. The number of hydrogen-bond donors (Lipinski definition) is 1. The predicted molar refractivity (Wildman–Crippen MR) is 72.7 cm³/mol. The molecule has 1 heterocycles. The summed E-state index contributed by atoms with van der Waals surface area (Å²) in [6, 6.07) is 9.51. The number of anilines is 1. The number of nitrogens with zero attached hydrogens (tertiary/aromatic N) is 2. The molecule has 1 aromatic carbocycles. The van der Waals surface area contributed by atoms with Gasteiger partial charge in [0.1, 0.15) is 6.61 Å². The van der Waals surface area contributed by atoms with Crippen LogP contribution in [-0.4, -0.2) is 15.9 Å². The smallest absolute Gasteiger partial charge is 0.412 e. The number of benzene rings is 1. The van der Waals surface area contributed by atoms with Crippen LogP contribution in [0.1, 0.15) is 5.56 Å². The second kappa shape index (κ2) is 6.39. The van der Waals surface area contributed by atoms with Gasteiger partial charge in [-0.3, -0.25) is 10.00 Å². The van der Waals surface area contributed by atoms with Gasteiger partial charge >= 0.3 is 6.09 Å². The summed E-state index contributed by atoms with van der Waals surface area (Å²) in [6.07, 6.45) is 4.51. The second-order valence-corrected chi connectivity index (χ2v) is 3.93. The first-order valence-electron chi connectivity index (χ1n) is 5.89. The highest BCUT2D eigenvalue weighted by Crippen LogP contribution is 2.07. The van der Waals surface area contributed by atoms with Gasteiger partial charge in [0, 0.05) is 6.20 Å². The van der Waals surface area contributed by atoms with Gasteiger partial charge in [0.15, 0.2) is 0 Å². The number of amides is 1. The summed E-state index contributed by atoms with van der Waals surface area (Å²) in [6.45, 7) is 4.46. The Bertz CT molecular complexity index is 549. The monoisotopic (exact) mass is 257 g/mol. The van der Waals surface area contributed by atoms with Crippen LogP contribution in [0.25, 0.3) is 0 Å². The van der Waals surface area contributed by atoms with Crippen molar-refractivity contribution in [3.63, 3.8) is 0 Å². The fraction of sp³-hybridized carbons (Fsp3) is 0.143. The Morgan fingerprint density at radius 3 is 2.95 bits per heavy atom. The third kappa shape index (κ3) is 3.99. The maximum absolute atomic E-state index is 11.6. The molecule has 2 aromatic rings. The van der Waals surface area contributed by atoms with E-state index in [9.17, 15) is 4.79 Å². The number of carbonyl (C=O) groups excluding carboxylic acids is 1. The lowest BCUT2D eigenvalue weighted by molar-refractivity contribution is 0.155. The maximum atomic E-state index is 11.6. The van der Waals surface area contributed by atoms with Gasteiger partial charge in [-0.25, -0.2) is 4.79 Å². The minimum atomic E-state index is -0.498. The van der Waals surface area contributed by atoms with Crippen molar-refractivity contribution in [3.05, 3.63) is 60.9 Å². The first kappa shape index (κ1) is 12.9. The van der Waals surface area contributed by atoms with Crippen LogP contribution >= 0.6 is 0 Å². The van der Waals surface area contributed by atoms with Gasteiger partial charge in [0.2, 0.25) is 0 Å². The van der Waals surface area contributed by atoms with Crippen molar-refractivity contribution in [1.82, 2.24) is 9.78 Å². The van der Waals surface area contributed by atoms with Crippen LogP contribution in [0.2, 0.25) is 0 Å². The van der Waals surface area contributed by atoms with E-state index in [1.807, 2.05) is 30.3 Å². The maximum Gasteiger partial charge on any atom is 0.412 e. The summed E-state index contributed by atoms with van der Waals surface area (Å²) >= 11 is 0. The van der Waals surface area contributed by atoms with E-state index in [0.29, 0.717) is 12.2 Å². The topological polar surface area (TPSA) is 56.2 Å². The van der Waals surface area contributed by atoms with Crippen molar-refractivity contribution >= 4 is 11.8 Å². The van der Waals surface area contributed by atoms with Crippen LogP contribution in [0, 0.1) is 0 Å². The van der Waals surface area contributed by atoms with Gasteiger partial charge < -0.3 is 4.74 Å². The number of aromatic nitrogens is 2. The van der Waals surface area contributed by atoms with Gasteiger partial charge in [-0.1, -0.05) is 36.4 Å². The van der Waals surface area contributed by atoms with E-state index in [0.717, 1.165) is 5.56 Å². The molecule has 0 saturated carbocycles. The molecule has 98 valence electrons. The molecule has 5 nitrogen and oxygen atoms in total. The van der Waals surface area contributed by atoms with Crippen LogP contribution in [0.3, 0.4) is 0 Å². The third-order valence-corrected chi connectivity index (χ3v) is 2.41. The zero-order chi connectivity index (χ0) is 13.5. The molecule has 1 aromatic heterocycles. The number of allylic oxidation sites excluding steroid dienone is 1. The van der Waals surface area contributed by atoms with Crippen LogP contribution < -0.4 is 5.32 Å². The summed E-state index contributed by atoms with van der Waals surface area (Å²) in [5, 5.41) is 6.66. The molecule has 0 radical (unpaired) electrons. The SMILES string of the molecule is C=CCn1cc(NC(=O)OCc2ccccc2)cn1. The van der Waals surface area contributed by atoms with Crippen molar-refractivity contribution in [2.24, 2.45) is 0 Å². The zero-order valence-corrected chi connectivity index (χ0v) is 10.5. The summed E-state index contributed by atoms with van der Waals surface area (Å²) < 4.78 is 6.76.